The quantitative estimate of drug-likeness (QED) is 0.575. The molecule has 0 radical (unpaired) electrons. The number of nitrogens with two attached hydrogens (primary N) is 1. The smallest absolute Gasteiger partial charge is 0.226 e. The first-order chi connectivity index (χ1) is 4.50. The first-order valence-corrected chi connectivity index (χ1v) is 4.40. The van der Waals surface area contributed by atoms with Crippen LogP contribution in [0.2, 0.25) is 0 Å². The Morgan fingerprint density at radius 3 is 2.50 bits per heavy atom. The number of nitrogens with one attached hydrogen (secondary N) is 1. The molecule has 1 heterocycles. The molecule has 10 heavy (non-hydrogen) atoms. The summed E-state index contributed by atoms with van der Waals surface area (Å²) in [7, 11) is -3.23. The van der Waals surface area contributed by atoms with Gasteiger partial charge in [0.15, 0.2) is 0 Å². The Morgan fingerprint density at radius 2 is 2.30 bits per heavy atom. The van der Waals surface area contributed by atoms with Gasteiger partial charge < -0.3 is 10.7 Å². The zero-order valence-electron chi connectivity index (χ0n) is 5.33. The predicted octanol–water partition coefficient (Wildman–Crippen LogP) is -0.605. The lowest BCUT2D eigenvalue weighted by Gasteiger charge is -1.87. The molecule has 0 amide bonds. The van der Waals surface area contributed by atoms with Crippen molar-refractivity contribution in [3.8, 4) is 0 Å². The van der Waals surface area contributed by atoms with E-state index in [1.54, 1.807) is 0 Å². The van der Waals surface area contributed by atoms with E-state index in [4.69, 9.17) is 5.73 Å². The van der Waals surface area contributed by atoms with E-state index in [0.717, 1.165) is 6.26 Å². The van der Waals surface area contributed by atoms with Crippen LogP contribution in [0.25, 0.3) is 0 Å². The summed E-state index contributed by atoms with van der Waals surface area (Å²) in [4.78, 5) is 5.91. The highest BCUT2D eigenvalue weighted by Crippen LogP contribution is 2.03. The van der Waals surface area contributed by atoms with E-state index in [-0.39, 0.29) is 11.0 Å². The summed E-state index contributed by atoms with van der Waals surface area (Å²) in [5.74, 6) is 0.250. The molecule has 0 aromatic carbocycles. The second-order valence-corrected chi connectivity index (χ2v) is 3.85. The molecular formula is C4H7N3O2S. The van der Waals surface area contributed by atoms with Crippen LogP contribution in [0.15, 0.2) is 11.4 Å². The largest absolute Gasteiger partial charge is 0.384 e. The van der Waals surface area contributed by atoms with Gasteiger partial charge in [0, 0.05) is 6.26 Å². The summed E-state index contributed by atoms with van der Waals surface area (Å²) in [5, 5.41) is -0.0926. The fourth-order valence-corrected chi connectivity index (χ4v) is 1.05. The van der Waals surface area contributed by atoms with Gasteiger partial charge in [0.25, 0.3) is 0 Å². The van der Waals surface area contributed by atoms with Crippen molar-refractivity contribution < 1.29 is 8.42 Å². The molecule has 0 aliphatic carbocycles. The lowest BCUT2D eigenvalue weighted by atomic mass is 10.8. The van der Waals surface area contributed by atoms with Gasteiger partial charge in [0.2, 0.25) is 15.0 Å². The van der Waals surface area contributed by atoms with Gasteiger partial charge in [-0.3, -0.25) is 0 Å². The van der Waals surface area contributed by atoms with Gasteiger partial charge >= 0.3 is 0 Å². The van der Waals surface area contributed by atoms with Crippen LogP contribution in [-0.4, -0.2) is 24.6 Å². The van der Waals surface area contributed by atoms with E-state index < -0.39 is 9.84 Å². The van der Waals surface area contributed by atoms with Crippen LogP contribution in [-0.2, 0) is 9.84 Å². The summed E-state index contributed by atoms with van der Waals surface area (Å²) < 4.78 is 21.4. The summed E-state index contributed by atoms with van der Waals surface area (Å²) in [6.45, 7) is 0. The zero-order valence-corrected chi connectivity index (χ0v) is 6.14. The summed E-state index contributed by atoms with van der Waals surface area (Å²) >= 11 is 0. The Hall–Kier alpha value is -1.04. The number of aromatic amines is 1. The summed E-state index contributed by atoms with van der Waals surface area (Å²) in [6, 6.07) is 0. The van der Waals surface area contributed by atoms with Crippen LogP contribution in [0.3, 0.4) is 0 Å². The van der Waals surface area contributed by atoms with Crippen LogP contribution < -0.4 is 5.73 Å². The van der Waals surface area contributed by atoms with Crippen LogP contribution in [0.1, 0.15) is 0 Å². The highest BCUT2D eigenvalue weighted by Gasteiger charge is 2.09. The van der Waals surface area contributed by atoms with Crippen molar-refractivity contribution in [3.63, 3.8) is 0 Å². The standard InChI is InChI=1S/C4H7N3O2S/c1-10(8,9)4-6-2-3(5)7-4/h2H,5H2,1H3,(H,6,7). The maximum atomic E-state index is 10.7. The lowest BCUT2D eigenvalue weighted by Crippen LogP contribution is -1.99. The van der Waals surface area contributed by atoms with Crippen molar-refractivity contribution in [2.24, 2.45) is 0 Å². The Morgan fingerprint density at radius 1 is 1.70 bits per heavy atom. The van der Waals surface area contributed by atoms with E-state index >= 15 is 0 Å². The molecule has 1 aromatic heterocycles. The summed E-state index contributed by atoms with van der Waals surface area (Å²) in [6.07, 6.45) is 2.32. The fourth-order valence-electron chi connectivity index (χ4n) is 0.505. The van der Waals surface area contributed by atoms with Crippen molar-refractivity contribution in [3.05, 3.63) is 6.20 Å². The van der Waals surface area contributed by atoms with Crippen molar-refractivity contribution >= 4 is 15.7 Å². The maximum absolute atomic E-state index is 10.7. The van der Waals surface area contributed by atoms with Crippen LogP contribution >= 0.6 is 0 Å². The number of hydrogen-bond donors (Lipinski definition) is 2. The minimum atomic E-state index is -3.23. The van der Waals surface area contributed by atoms with Gasteiger partial charge in [-0.25, -0.2) is 13.4 Å². The molecule has 0 unspecified atom stereocenters. The minimum absolute atomic E-state index is 0.0926. The second-order valence-electron chi connectivity index (χ2n) is 1.92. The van der Waals surface area contributed by atoms with Gasteiger partial charge in [-0.05, 0) is 0 Å². The number of nitrogens with zero attached hydrogens (tertiary/aromatic N) is 1. The lowest BCUT2D eigenvalue weighted by molar-refractivity contribution is 0.595. The molecule has 1 rings (SSSR count). The molecule has 0 atom stereocenters. The van der Waals surface area contributed by atoms with Gasteiger partial charge in [0.1, 0.15) is 5.82 Å². The number of rotatable bonds is 1. The average Bonchev–Trinajstić information content (AvgIpc) is 2.11. The molecule has 0 spiro atoms. The van der Waals surface area contributed by atoms with E-state index in [9.17, 15) is 8.42 Å². The van der Waals surface area contributed by atoms with Crippen molar-refractivity contribution in [1.29, 1.82) is 0 Å². The Kier molecular flexibility index (Phi) is 1.40. The topological polar surface area (TPSA) is 88.8 Å². The third kappa shape index (κ3) is 1.27. The summed E-state index contributed by atoms with van der Waals surface area (Å²) in [5.41, 5.74) is 5.19. The van der Waals surface area contributed by atoms with Crippen LogP contribution in [0, 0.1) is 0 Å². The predicted molar refractivity (Wildman–Crippen MR) is 36.1 cm³/mol. The van der Waals surface area contributed by atoms with Gasteiger partial charge in [0.05, 0.1) is 6.20 Å². The Labute approximate surface area is 58.2 Å². The van der Waals surface area contributed by atoms with E-state index in [1.807, 2.05) is 0 Å². The normalized spacial score (nSPS) is 11.7. The minimum Gasteiger partial charge on any atom is -0.384 e. The number of nitrogen functional groups attached to an aromatic ring is 1. The molecule has 0 bridgehead atoms. The molecular weight excluding hydrogens is 154 g/mol. The highest BCUT2D eigenvalue weighted by atomic mass is 32.2. The average molecular weight is 161 g/mol. The zero-order chi connectivity index (χ0) is 7.78. The molecule has 3 N–H and O–H groups in total. The molecule has 6 heteroatoms. The molecule has 5 nitrogen and oxygen atoms in total. The Bertz CT molecular complexity index is 326. The molecule has 1 aromatic rings. The second kappa shape index (κ2) is 1.98. The number of hydrogen-bond acceptors (Lipinski definition) is 4. The SMILES string of the molecule is CS(=O)(=O)c1ncc(N)[nH]1. The third-order valence-corrected chi connectivity index (χ3v) is 1.83. The first kappa shape index (κ1) is 7.07. The maximum Gasteiger partial charge on any atom is 0.226 e. The van der Waals surface area contributed by atoms with Crippen LogP contribution in [0.5, 0.6) is 0 Å². The van der Waals surface area contributed by atoms with E-state index in [2.05, 4.69) is 9.97 Å². The van der Waals surface area contributed by atoms with Crippen molar-refractivity contribution in [1.82, 2.24) is 9.97 Å². The van der Waals surface area contributed by atoms with E-state index in [0.29, 0.717) is 0 Å². The molecule has 0 saturated heterocycles. The molecule has 56 valence electrons. The number of sulfone groups is 1. The van der Waals surface area contributed by atoms with Gasteiger partial charge in [-0.1, -0.05) is 0 Å². The Balaban J connectivity index is 3.21. The third-order valence-electron chi connectivity index (χ3n) is 0.923. The van der Waals surface area contributed by atoms with Crippen LogP contribution in [0.4, 0.5) is 5.82 Å². The molecule has 0 aliphatic rings. The fraction of sp³-hybridized carbons (Fsp3) is 0.250. The highest BCUT2D eigenvalue weighted by molar-refractivity contribution is 7.90. The van der Waals surface area contributed by atoms with Gasteiger partial charge in [-0.15, -0.1) is 0 Å². The van der Waals surface area contributed by atoms with Gasteiger partial charge in [-0.2, -0.15) is 0 Å². The molecule has 0 fully saturated rings. The number of anilines is 1. The van der Waals surface area contributed by atoms with E-state index in [1.165, 1.54) is 6.20 Å². The number of aromatic nitrogens is 2. The molecule has 0 saturated carbocycles. The first-order valence-electron chi connectivity index (χ1n) is 2.50. The monoisotopic (exact) mass is 161 g/mol. The number of imidazole rings is 1. The molecule has 0 aliphatic heterocycles. The van der Waals surface area contributed by atoms with Crippen molar-refractivity contribution in [2.75, 3.05) is 12.0 Å². The number of H-pyrrole nitrogens is 1. The van der Waals surface area contributed by atoms with Crippen molar-refractivity contribution in [2.45, 2.75) is 5.16 Å².